The molecule has 2 aliphatic heterocycles. The summed E-state index contributed by atoms with van der Waals surface area (Å²) in [6, 6.07) is -0.516. The van der Waals surface area contributed by atoms with Crippen molar-refractivity contribution >= 4 is 11.8 Å². The molecule has 27 heavy (non-hydrogen) atoms. The van der Waals surface area contributed by atoms with E-state index < -0.39 is 18.0 Å². The molecule has 1 fully saturated rings. The van der Waals surface area contributed by atoms with E-state index in [-0.39, 0.29) is 43.7 Å². The fraction of sp³-hybridized carbons (Fsp3) is 0.750. The Morgan fingerprint density at radius 3 is 2.78 bits per heavy atom. The number of aromatic nitrogens is 3. The van der Waals surface area contributed by atoms with Gasteiger partial charge in [-0.15, -0.1) is 10.2 Å². The molecule has 8 nitrogen and oxygen atoms in total. The zero-order chi connectivity index (χ0) is 19.8. The summed E-state index contributed by atoms with van der Waals surface area (Å²) in [4.78, 5) is 27.5. The van der Waals surface area contributed by atoms with Gasteiger partial charge >= 0.3 is 6.18 Å². The van der Waals surface area contributed by atoms with Crippen LogP contribution >= 0.6 is 0 Å². The third-order valence-corrected chi connectivity index (χ3v) is 4.99. The number of halogens is 3. The number of alkyl halides is 3. The molecular formula is C16H23F3N6O2. The van der Waals surface area contributed by atoms with E-state index in [2.05, 4.69) is 17.1 Å². The molecule has 0 aromatic carbocycles. The van der Waals surface area contributed by atoms with E-state index in [1.807, 2.05) is 0 Å². The molecule has 0 aliphatic carbocycles. The predicted molar refractivity (Wildman–Crippen MR) is 88.0 cm³/mol. The fourth-order valence-electron chi connectivity index (χ4n) is 3.55. The Balaban J connectivity index is 1.56. The van der Waals surface area contributed by atoms with Gasteiger partial charge in [-0.3, -0.25) is 9.59 Å². The molecule has 1 aromatic rings. The summed E-state index contributed by atoms with van der Waals surface area (Å²) in [5.74, 6) is -0.749. The Morgan fingerprint density at radius 2 is 2.07 bits per heavy atom. The van der Waals surface area contributed by atoms with E-state index in [0.717, 1.165) is 11.0 Å². The fourth-order valence-corrected chi connectivity index (χ4v) is 3.55. The maximum atomic E-state index is 12.9. The Labute approximate surface area is 154 Å². The van der Waals surface area contributed by atoms with Crippen LogP contribution in [0.25, 0.3) is 0 Å². The van der Waals surface area contributed by atoms with Crippen LogP contribution in [-0.2, 0) is 28.9 Å². The summed E-state index contributed by atoms with van der Waals surface area (Å²) in [7, 11) is 0. The number of piperidine rings is 1. The molecular weight excluding hydrogens is 365 g/mol. The van der Waals surface area contributed by atoms with Crippen LogP contribution in [0.4, 0.5) is 13.2 Å². The molecule has 2 N–H and O–H groups in total. The van der Waals surface area contributed by atoms with Crippen molar-refractivity contribution in [2.24, 2.45) is 11.7 Å². The van der Waals surface area contributed by atoms with Gasteiger partial charge in [0.1, 0.15) is 0 Å². The summed E-state index contributed by atoms with van der Waals surface area (Å²) in [6.07, 6.45) is -3.20. The average Bonchev–Trinajstić information content (AvgIpc) is 3.01. The van der Waals surface area contributed by atoms with E-state index in [0.29, 0.717) is 25.4 Å². The van der Waals surface area contributed by atoms with Gasteiger partial charge in [0.15, 0.2) is 5.82 Å². The number of fused-ring (bicyclic) bond motifs is 1. The van der Waals surface area contributed by atoms with Gasteiger partial charge in [0.05, 0.1) is 6.54 Å². The SMILES string of the molecule is C[C@H]1CCC(=O)N(C[C@@H](N)CC(=O)N2CCn3c(nnc3C(F)(F)F)C2)C1. The number of amides is 2. The minimum Gasteiger partial charge on any atom is -0.341 e. The largest absolute Gasteiger partial charge is 0.451 e. The standard InChI is InChI=1S/C16H23F3N6O2/c1-10-2-3-13(26)24(7-10)8-11(20)6-14(27)23-4-5-25-12(9-23)21-22-15(25)16(17,18)19/h10-11H,2-9,20H2,1H3/t10-,11-/m0/s1. The lowest BCUT2D eigenvalue weighted by Crippen LogP contribution is -2.48. The van der Waals surface area contributed by atoms with Gasteiger partial charge < -0.3 is 20.1 Å². The first-order chi connectivity index (χ1) is 12.6. The highest BCUT2D eigenvalue weighted by Gasteiger charge is 2.40. The van der Waals surface area contributed by atoms with Crippen LogP contribution in [0.15, 0.2) is 0 Å². The first-order valence-electron chi connectivity index (χ1n) is 8.95. The number of carbonyl (C=O) groups is 2. The molecule has 11 heteroatoms. The average molecular weight is 388 g/mol. The number of nitrogens with zero attached hydrogens (tertiary/aromatic N) is 5. The highest BCUT2D eigenvalue weighted by atomic mass is 19.4. The molecule has 0 spiro atoms. The van der Waals surface area contributed by atoms with Crippen molar-refractivity contribution in [1.29, 1.82) is 0 Å². The molecule has 0 radical (unpaired) electrons. The monoisotopic (exact) mass is 388 g/mol. The van der Waals surface area contributed by atoms with Crippen LogP contribution in [0.2, 0.25) is 0 Å². The van der Waals surface area contributed by atoms with Gasteiger partial charge in [-0.1, -0.05) is 6.92 Å². The van der Waals surface area contributed by atoms with Crippen molar-refractivity contribution in [2.75, 3.05) is 19.6 Å². The lowest BCUT2D eigenvalue weighted by molar-refractivity contribution is -0.148. The third-order valence-electron chi connectivity index (χ3n) is 4.99. The zero-order valence-corrected chi connectivity index (χ0v) is 15.1. The van der Waals surface area contributed by atoms with E-state index in [1.165, 1.54) is 4.90 Å². The van der Waals surface area contributed by atoms with Crippen molar-refractivity contribution in [2.45, 2.75) is 51.5 Å². The van der Waals surface area contributed by atoms with E-state index in [9.17, 15) is 22.8 Å². The predicted octanol–water partition coefficient (Wildman–Crippen LogP) is 0.615. The summed E-state index contributed by atoms with van der Waals surface area (Å²) >= 11 is 0. The summed E-state index contributed by atoms with van der Waals surface area (Å²) in [5, 5.41) is 6.76. The van der Waals surface area contributed by atoms with Crippen LogP contribution in [0.5, 0.6) is 0 Å². The van der Waals surface area contributed by atoms with Crippen LogP contribution in [-0.4, -0.2) is 62.1 Å². The van der Waals surface area contributed by atoms with Crippen molar-refractivity contribution in [1.82, 2.24) is 24.6 Å². The minimum absolute atomic E-state index is 0.0136. The first kappa shape index (κ1) is 19.6. The molecule has 0 saturated carbocycles. The lowest BCUT2D eigenvalue weighted by atomic mass is 9.99. The molecule has 150 valence electrons. The van der Waals surface area contributed by atoms with Crippen molar-refractivity contribution in [3.8, 4) is 0 Å². The molecule has 0 unspecified atom stereocenters. The van der Waals surface area contributed by atoms with Gasteiger partial charge in [-0.05, 0) is 12.3 Å². The van der Waals surface area contributed by atoms with E-state index in [1.54, 1.807) is 4.90 Å². The van der Waals surface area contributed by atoms with Crippen molar-refractivity contribution in [3.63, 3.8) is 0 Å². The maximum Gasteiger partial charge on any atom is 0.451 e. The number of hydrogen-bond acceptors (Lipinski definition) is 5. The van der Waals surface area contributed by atoms with Crippen LogP contribution in [0.1, 0.15) is 37.8 Å². The molecule has 2 aliphatic rings. The topological polar surface area (TPSA) is 97.3 Å². The molecule has 3 heterocycles. The van der Waals surface area contributed by atoms with Gasteiger partial charge in [0.2, 0.25) is 17.6 Å². The highest BCUT2D eigenvalue weighted by Crippen LogP contribution is 2.29. The number of hydrogen-bond donors (Lipinski definition) is 1. The maximum absolute atomic E-state index is 12.9. The van der Waals surface area contributed by atoms with E-state index in [4.69, 9.17) is 5.73 Å². The smallest absolute Gasteiger partial charge is 0.341 e. The summed E-state index contributed by atoms with van der Waals surface area (Å²) in [6.45, 7) is 3.09. The van der Waals surface area contributed by atoms with Gasteiger partial charge in [-0.25, -0.2) is 0 Å². The molecule has 2 atom stereocenters. The number of likely N-dealkylation sites (tertiary alicyclic amines) is 1. The Bertz CT molecular complexity index is 719. The minimum atomic E-state index is -4.57. The number of rotatable bonds is 4. The molecule has 1 saturated heterocycles. The normalized spacial score (nSPS) is 22.0. The number of nitrogens with two attached hydrogens (primary N) is 1. The summed E-state index contributed by atoms with van der Waals surface area (Å²) in [5.41, 5.74) is 6.05. The van der Waals surface area contributed by atoms with Crippen molar-refractivity contribution in [3.05, 3.63) is 11.6 Å². The Kier molecular flexibility index (Phi) is 5.41. The quantitative estimate of drug-likeness (QED) is 0.815. The molecule has 1 aromatic heterocycles. The molecule has 0 bridgehead atoms. The first-order valence-corrected chi connectivity index (χ1v) is 8.95. The highest BCUT2D eigenvalue weighted by molar-refractivity contribution is 5.78. The van der Waals surface area contributed by atoms with Gasteiger partial charge in [0.25, 0.3) is 0 Å². The second kappa shape index (κ2) is 7.45. The van der Waals surface area contributed by atoms with Crippen LogP contribution < -0.4 is 5.73 Å². The lowest BCUT2D eigenvalue weighted by Gasteiger charge is -2.33. The Hall–Kier alpha value is -2.17. The Morgan fingerprint density at radius 1 is 1.33 bits per heavy atom. The third kappa shape index (κ3) is 4.40. The second-order valence-electron chi connectivity index (χ2n) is 7.31. The number of carbonyl (C=O) groups excluding carboxylic acids is 2. The zero-order valence-electron chi connectivity index (χ0n) is 15.1. The summed E-state index contributed by atoms with van der Waals surface area (Å²) < 4.78 is 39.6. The van der Waals surface area contributed by atoms with Crippen molar-refractivity contribution < 1.29 is 22.8 Å². The van der Waals surface area contributed by atoms with E-state index >= 15 is 0 Å². The second-order valence-corrected chi connectivity index (χ2v) is 7.31. The molecule has 3 rings (SSSR count). The van der Waals surface area contributed by atoms with Gasteiger partial charge in [0, 0.05) is 45.1 Å². The van der Waals surface area contributed by atoms with Gasteiger partial charge in [-0.2, -0.15) is 13.2 Å². The molecule has 2 amide bonds. The van der Waals surface area contributed by atoms with Crippen LogP contribution in [0, 0.1) is 5.92 Å². The van der Waals surface area contributed by atoms with Crippen LogP contribution in [0.3, 0.4) is 0 Å².